The van der Waals surface area contributed by atoms with Crippen LogP contribution in [0.4, 0.5) is 0 Å². The maximum atomic E-state index is 12.5. The zero-order valence-corrected chi connectivity index (χ0v) is 16.1. The van der Waals surface area contributed by atoms with Crippen LogP contribution in [0.15, 0.2) is 72.3 Å². The van der Waals surface area contributed by atoms with Crippen LogP contribution in [0.2, 0.25) is 10.0 Å². The van der Waals surface area contributed by atoms with E-state index in [2.05, 4.69) is 0 Å². The average molecular weight is 409 g/mol. The van der Waals surface area contributed by atoms with Crippen molar-refractivity contribution in [2.75, 3.05) is 0 Å². The standard InChI is InChI=1S/C23H14Cl2O3/c24-16-8-7-15(21(25)12-16)13-28-17-9-5-14(6-10-17)11-20-22(26)18-3-1-2-4-19(18)23(20)27/h1-12H,13H2. The van der Waals surface area contributed by atoms with Crippen molar-refractivity contribution in [1.82, 2.24) is 0 Å². The van der Waals surface area contributed by atoms with Crippen molar-refractivity contribution in [3.05, 3.63) is 105 Å². The van der Waals surface area contributed by atoms with Crippen LogP contribution >= 0.6 is 23.2 Å². The van der Waals surface area contributed by atoms with Crippen molar-refractivity contribution in [3.8, 4) is 5.75 Å². The van der Waals surface area contributed by atoms with Gasteiger partial charge < -0.3 is 4.74 Å². The molecule has 0 unspecified atom stereocenters. The highest BCUT2D eigenvalue weighted by molar-refractivity contribution is 6.41. The topological polar surface area (TPSA) is 43.4 Å². The molecular formula is C23H14Cl2O3. The van der Waals surface area contributed by atoms with Gasteiger partial charge in [-0.1, -0.05) is 65.7 Å². The van der Waals surface area contributed by atoms with Crippen molar-refractivity contribution in [1.29, 1.82) is 0 Å². The third-order valence-corrected chi connectivity index (χ3v) is 5.09. The monoisotopic (exact) mass is 408 g/mol. The van der Waals surface area contributed by atoms with Gasteiger partial charge in [0, 0.05) is 26.7 Å². The lowest BCUT2D eigenvalue weighted by Crippen LogP contribution is -2.00. The van der Waals surface area contributed by atoms with Crippen molar-refractivity contribution in [2.24, 2.45) is 0 Å². The van der Waals surface area contributed by atoms with Gasteiger partial charge in [0.05, 0.1) is 5.57 Å². The Hall–Kier alpha value is -2.88. The molecule has 3 aromatic carbocycles. The minimum Gasteiger partial charge on any atom is -0.489 e. The maximum Gasteiger partial charge on any atom is 0.197 e. The van der Waals surface area contributed by atoms with E-state index < -0.39 is 0 Å². The first-order valence-electron chi connectivity index (χ1n) is 8.60. The Kier molecular flexibility index (Phi) is 5.03. The van der Waals surface area contributed by atoms with E-state index in [0.717, 1.165) is 11.1 Å². The molecule has 0 saturated heterocycles. The van der Waals surface area contributed by atoms with Gasteiger partial charge >= 0.3 is 0 Å². The van der Waals surface area contributed by atoms with Gasteiger partial charge in [-0.25, -0.2) is 0 Å². The number of ketones is 2. The molecule has 138 valence electrons. The highest BCUT2D eigenvalue weighted by atomic mass is 35.5. The van der Waals surface area contributed by atoms with Gasteiger partial charge in [0.25, 0.3) is 0 Å². The van der Waals surface area contributed by atoms with Crippen LogP contribution < -0.4 is 4.74 Å². The molecule has 3 aromatic rings. The minimum atomic E-state index is -0.238. The Morgan fingerprint density at radius 2 is 1.46 bits per heavy atom. The van der Waals surface area contributed by atoms with E-state index in [-0.39, 0.29) is 17.1 Å². The van der Waals surface area contributed by atoms with E-state index in [0.29, 0.717) is 33.5 Å². The van der Waals surface area contributed by atoms with E-state index in [4.69, 9.17) is 27.9 Å². The Labute approximate surface area is 172 Å². The molecule has 0 spiro atoms. The Bertz CT molecular complexity index is 1080. The summed E-state index contributed by atoms with van der Waals surface area (Å²) in [5, 5.41) is 1.12. The Morgan fingerprint density at radius 1 is 0.821 bits per heavy atom. The highest BCUT2D eigenvalue weighted by Gasteiger charge is 2.32. The maximum absolute atomic E-state index is 12.5. The molecule has 3 nitrogen and oxygen atoms in total. The third kappa shape index (κ3) is 3.59. The lowest BCUT2D eigenvalue weighted by Gasteiger charge is -2.08. The number of allylic oxidation sites excluding steroid dienone is 1. The molecule has 0 heterocycles. The minimum absolute atomic E-state index is 0.183. The number of carbonyl (C=O) groups is 2. The summed E-state index contributed by atoms with van der Waals surface area (Å²) in [5.41, 5.74) is 2.68. The third-order valence-electron chi connectivity index (χ3n) is 4.51. The summed E-state index contributed by atoms with van der Waals surface area (Å²) >= 11 is 12.0. The largest absolute Gasteiger partial charge is 0.489 e. The number of benzene rings is 3. The molecule has 0 fully saturated rings. The normalized spacial score (nSPS) is 12.9. The van der Waals surface area contributed by atoms with E-state index >= 15 is 0 Å². The number of hydrogen-bond acceptors (Lipinski definition) is 3. The molecule has 0 amide bonds. The fourth-order valence-corrected chi connectivity index (χ4v) is 3.49. The summed E-state index contributed by atoms with van der Waals surface area (Å²) in [4.78, 5) is 24.9. The molecule has 1 aliphatic rings. The first kappa shape index (κ1) is 18.5. The number of ether oxygens (including phenoxy) is 1. The smallest absolute Gasteiger partial charge is 0.197 e. The quantitative estimate of drug-likeness (QED) is 0.390. The van der Waals surface area contributed by atoms with E-state index in [1.807, 2.05) is 6.07 Å². The molecule has 5 heteroatoms. The van der Waals surface area contributed by atoms with Gasteiger partial charge in [0.2, 0.25) is 0 Å². The Balaban J connectivity index is 1.49. The number of halogens is 2. The first-order chi connectivity index (χ1) is 13.5. The molecule has 0 bridgehead atoms. The van der Waals surface area contributed by atoms with Crippen LogP contribution in [0.5, 0.6) is 5.75 Å². The molecule has 28 heavy (non-hydrogen) atoms. The van der Waals surface area contributed by atoms with Gasteiger partial charge in [-0.05, 0) is 35.9 Å². The predicted octanol–water partition coefficient (Wildman–Crippen LogP) is 6.04. The molecule has 0 aliphatic heterocycles. The number of hydrogen-bond donors (Lipinski definition) is 0. The predicted molar refractivity (Wildman–Crippen MR) is 110 cm³/mol. The van der Waals surface area contributed by atoms with Crippen LogP contribution in [0.1, 0.15) is 31.8 Å². The summed E-state index contributed by atoms with van der Waals surface area (Å²) in [5.74, 6) is 0.178. The molecule has 1 aliphatic carbocycles. The molecule has 4 rings (SSSR count). The van der Waals surface area contributed by atoms with Crippen molar-refractivity contribution < 1.29 is 14.3 Å². The number of rotatable bonds is 4. The van der Waals surface area contributed by atoms with E-state index in [9.17, 15) is 9.59 Å². The van der Waals surface area contributed by atoms with Gasteiger partial charge in [0.1, 0.15) is 12.4 Å². The Morgan fingerprint density at radius 3 is 2.07 bits per heavy atom. The second-order valence-corrected chi connectivity index (χ2v) is 7.20. The van der Waals surface area contributed by atoms with Crippen LogP contribution in [0.25, 0.3) is 6.08 Å². The number of fused-ring (bicyclic) bond motifs is 1. The molecule has 0 aromatic heterocycles. The summed E-state index contributed by atoms with van der Waals surface area (Å²) < 4.78 is 5.75. The van der Waals surface area contributed by atoms with Gasteiger partial charge in [-0.2, -0.15) is 0 Å². The SMILES string of the molecule is O=C1C(=Cc2ccc(OCc3ccc(Cl)cc3Cl)cc2)C(=O)c2ccccc21. The number of Topliss-reactive ketones (excluding diaryl/α,β-unsaturated/α-hetero) is 2. The van der Waals surface area contributed by atoms with Crippen LogP contribution in [-0.2, 0) is 6.61 Å². The summed E-state index contributed by atoms with van der Waals surface area (Å²) in [6, 6.07) is 19.3. The lowest BCUT2D eigenvalue weighted by atomic mass is 10.1. The summed E-state index contributed by atoms with van der Waals surface area (Å²) in [6.07, 6.45) is 1.62. The van der Waals surface area contributed by atoms with Crippen molar-refractivity contribution in [2.45, 2.75) is 6.61 Å². The zero-order valence-electron chi connectivity index (χ0n) is 14.6. The average Bonchev–Trinajstić information content (AvgIpc) is 2.94. The van der Waals surface area contributed by atoms with Gasteiger partial charge in [-0.15, -0.1) is 0 Å². The van der Waals surface area contributed by atoms with Crippen molar-refractivity contribution >= 4 is 40.8 Å². The lowest BCUT2D eigenvalue weighted by molar-refractivity contribution is 0.0990. The summed E-state index contributed by atoms with van der Waals surface area (Å²) in [6.45, 7) is 0.308. The molecule has 0 saturated carbocycles. The molecule has 0 radical (unpaired) electrons. The second-order valence-electron chi connectivity index (χ2n) is 6.36. The molecular weight excluding hydrogens is 395 g/mol. The molecule has 0 atom stereocenters. The van der Waals surface area contributed by atoms with E-state index in [1.54, 1.807) is 66.7 Å². The fourth-order valence-electron chi connectivity index (χ4n) is 3.03. The van der Waals surface area contributed by atoms with Crippen LogP contribution in [0.3, 0.4) is 0 Å². The van der Waals surface area contributed by atoms with Crippen molar-refractivity contribution in [3.63, 3.8) is 0 Å². The number of carbonyl (C=O) groups excluding carboxylic acids is 2. The van der Waals surface area contributed by atoms with Crippen LogP contribution in [-0.4, -0.2) is 11.6 Å². The zero-order chi connectivity index (χ0) is 19.7. The second kappa shape index (κ2) is 7.63. The van der Waals surface area contributed by atoms with Gasteiger partial charge in [0.15, 0.2) is 11.6 Å². The van der Waals surface area contributed by atoms with Crippen LogP contribution in [0, 0.1) is 0 Å². The first-order valence-corrected chi connectivity index (χ1v) is 9.35. The summed E-state index contributed by atoms with van der Waals surface area (Å²) in [7, 11) is 0. The highest BCUT2D eigenvalue weighted by Crippen LogP contribution is 2.28. The molecule has 0 N–H and O–H groups in total. The fraction of sp³-hybridized carbons (Fsp3) is 0.0435. The van der Waals surface area contributed by atoms with E-state index in [1.165, 1.54) is 0 Å². The van der Waals surface area contributed by atoms with Gasteiger partial charge in [-0.3, -0.25) is 9.59 Å².